The summed E-state index contributed by atoms with van der Waals surface area (Å²) in [4.78, 5) is 11.0. The summed E-state index contributed by atoms with van der Waals surface area (Å²) in [6.45, 7) is 0.857. The largest absolute Gasteiger partial charge is 0.522 e. The van der Waals surface area contributed by atoms with Crippen molar-refractivity contribution in [2.75, 3.05) is 6.61 Å². The molecule has 0 aliphatic carbocycles. The number of ketones is 1. The highest BCUT2D eigenvalue weighted by Crippen LogP contribution is 2.16. The van der Waals surface area contributed by atoms with Gasteiger partial charge in [0, 0.05) is 19.7 Å². The third-order valence-corrected chi connectivity index (χ3v) is 1.79. The number of carbonyl (C=O) groups is 1. The molecule has 1 aromatic heterocycles. The van der Waals surface area contributed by atoms with Crippen molar-refractivity contribution >= 4 is 5.78 Å². The first-order chi connectivity index (χ1) is 6.90. The van der Waals surface area contributed by atoms with E-state index in [1.807, 2.05) is 0 Å². The molecule has 3 nitrogen and oxygen atoms in total. The van der Waals surface area contributed by atoms with Gasteiger partial charge in [-0.1, -0.05) is 0 Å². The Morgan fingerprint density at radius 2 is 2.20 bits per heavy atom. The van der Waals surface area contributed by atoms with Gasteiger partial charge in [0.15, 0.2) is 5.78 Å². The van der Waals surface area contributed by atoms with Gasteiger partial charge in [0.1, 0.15) is 0 Å². The lowest BCUT2D eigenvalue weighted by Gasteiger charge is -2.09. The molecular formula is C9H10F3NO2. The molecule has 84 valence electrons. The second kappa shape index (κ2) is 4.48. The number of hydrogen-bond acceptors (Lipinski definition) is 2. The van der Waals surface area contributed by atoms with Crippen LogP contribution < -0.4 is 0 Å². The molecule has 1 heterocycles. The van der Waals surface area contributed by atoms with E-state index in [0.717, 1.165) is 0 Å². The zero-order chi connectivity index (χ0) is 11.5. The fourth-order valence-corrected chi connectivity index (χ4v) is 1.19. The predicted molar refractivity (Wildman–Crippen MR) is 46.4 cm³/mol. The Bertz CT molecular complexity index is 343. The molecule has 0 aliphatic rings. The zero-order valence-electron chi connectivity index (χ0n) is 8.04. The van der Waals surface area contributed by atoms with Gasteiger partial charge in [-0.2, -0.15) is 0 Å². The summed E-state index contributed by atoms with van der Waals surface area (Å²) in [5.41, 5.74) is 0.376. The van der Waals surface area contributed by atoms with E-state index < -0.39 is 13.0 Å². The lowest BCUT2D eigenvalue weighted by atomic mass is 10.3. The molecule has 0 radical (unpaired) electrons. The quantitative estimate of drug-likeness (QED) is 0.730. The van der Waals surface area contributed by atoms with Crippen LogP contribution in [0.15, 0.2) is 18.3 Å². The van der Waals surface area contributed by atoms with E-state index in [1.54, 1.807) is 12.1 Å². The van der Waals surface area contributed by atoms with Crippen LogP contribution >= 0.6 is 0 Å². The minimum Gasteiger partial charge on any atom is -0.343 e. The number of ether oxygens (including phenoxy) is 1. The van der Waals surface area contributed by atoms with E-state index in [2.05, 4.69) is 4.74 Å². The van der Waals surface area contributed by atoms with Gasteiger partial charge in [0.25, 0.3) is 0 Å². The second-order valence-electron chi connectivity index (χ2n) is 2.94. The summed E-state index contributed by atoms with van der Waals surface area (Å²) in [6, 6.07) is 3.15. The van der Waals surface area contributed by atoms with Crippen molar-refractivity contribution in [2.24, 2.45) is 0 Å². The first-order valence-electron chi connectivity index (χ1n) is 4.27. The average molecular weight is 221 g/mol. The summed E-state index contributed by atoms with van der Waals surface area (Å²) in [7, 11) is 0. The molecule has 0 aromatic carbocycles. The molecule has 1 rings (SSSR count). The summed E-state index contributed by atoms with van der Waals surface area (Å²) < 4.78 is 40.0. The highest BCUT2D eigenvalue weighted by Gasteiger charge is 2.28. The number of aromatic nitrogens is 1. The van der Waals surface area contributed by atoms with Gasteiger partial charge in [-0.3, -0.25) is 9.53 Å². The Labute approximate surface area is 84.4 Å². The lowest BCUT2D eigenvalue weighted by molar-refractivity contribution is -0.325. The van der Waals surface area contributed by atoms with E-state index in [-0.39, 0.29) is 12.3 Å². The van der Waals surface area contributed by atoms with Crippen LogP contribution in [-0.2, 0) is 11.3 Å². The maximum atomic E-state index is 11.6. The maximum absolute atomic E-state index is 11.6. The van der Waals surface area contributed by atoms with Crippen LogP contribution in [0.4, 0.5) is 13.2 Å². The molecule has 0 saturated heterocycles. The van der Waals surface area contributed by atoms with Gasteiger partial charge in [-0.15, -0.1) is 13.2 Å². The molecule has 15 heavy (non-hydrogen) atoms. The molecule has 0 atom stereocenters. The third kappa shape index (κ3) is 3.75. The summed E-state index contributed by atoms with van der Waals surface area (Å²) in [6.07, 6.45) is -3.08. The van der Waals surface area contributed by atoms with Gasteiger partial charge in [-0.05, 0) is 12.1 Å². The van der Waals surface area contributed by atoms with Crippen LogP contribution in [0, 0.1) is 0 Å². The molecule has 0 unspecified atom stereocenters. The highest BCUT2D eigenvalue weighted by atomic mass is 19.4. The van der Waals surface area contributed by atoms with Crippen molar-refractivity contribution < 1.29 is 22.7 Å². The normalized spacial score (nSPS) is 11.7. The Morgan fingerprint density at radius 1 is 1.53 bits per heavy atom. The number of nitrogens with zero attached hydrogens (tertiary/aromatic N) is 1. The summed E-state index contributed by atoms with van der Waals surface area (Å²) in [5.74, 6) is -0.188. The van der Waals surface area contributed by atoms with Crippen LogP contribution in [-0.4, -0.2) is 23.3 Å². The zero-order valence-corrected chi connectivity index (χ0v) is 8.04. The molecule has 0 fully saturated rings. The van der Waals surface area contributed by atoms with Gasteiger partial charge in [-0.25, -0.2) is 0 Å². The van der Waals surface area contributed by atoms with Crippen molar-refractivity contribution in [1.29, 1.82) is 0 Å². The van der Waals surface area contributed by atoms with Gasteiger partial charge in [0.2, 0.25) is 0 Å². The molecule has 0 spiro atoms. The molecule has 0 saturated carbocycles. The third-order valence-electron chi connectivity index (χ3n) is 1.79. The Hall–Kier alpha value is -1.30. The fourth-order valence-electron chi connectivity index (χ4n) is 1.19. The molecule has 0 bridgehead atoms. The Morgan fingerprint density at radius 3 is 2.73 bits per heavy atom. The van der Waals surface area contributed by atoms with E-state index in [4.69, 9.17) is 0 Å². The monoisotopic (exact) mass is 221 g/mol. The number of halogens is 3. The first-order valence-corrected chi connectivity index (χ1v) is 4.27. The lowest BCUT2D eigenvalue weighted by Crippen LogP contribution is -2.18. The Kier molecular flexibility index (Phi) is 3.52. The number of alkyl halides is 3. The van der Waals surface area contributed by atoms with Crippen molar-refractivity contribution in [3.05, 3.63) is 24.0 Å². The molecule has 0 amide bonds. The standard InChI is InChI=1S/C9H10F3NO2/c1-7(14)8-3-2-4-13(8)5-6-15-9(10,11)12/h2-4H,5-6H2,1H3. The van der Waals surface area contributed by atoms with Crippen molar-refractivity contribution in [2.45, 2.75) is 19.8 Å². The van der Waals surface area contributed by atoms with Crippen LogP contribution in [0.1, 0.15) is 17.4 Å². The smallest absolute Gasteiger partial charge is 0.343 e. The van der Waals surface area contributed by atoms with Crippen molar-refractivity contribution in [3.63, 3.8) is 0 Å². The number of Topliss-reactive ketones (excluding diaryl/α,β-unsaturated/α-hetero) is 1. The minimum absolute atomic E-state index is 0.00141. The molecule has 1 aromatic rings. The highest BCUT2D eigenvalue weighted by molar-refractivity contribution is 5.92. The number of rotatable bonds is 4. The van der Waals surface area contributed by atoms with Crippen molar-refractivity contribution in [3.8, 4) is 0 Å². The van der Waals surface area contributed by atoms with Crippen LogP contribution in [0.3, 0.4) is 0 Å². The van der Waals surface area contributed by atoms with E-state index in [1.165, 1.54) is 17.7 Å². The summed E-state index contributed by atoms with van der Waals surface area (Å²) >= 11 is 0. The van der Waals surface area contributed by atoms with E-state index in [0.29, 0.717) is 5.69 Å². The number of carbonyl (C=O) groups excluding carboxylic acids is 1. The molecular weight excluding hydrogens is 211 g/mol. The van der Waals surface area contributed by atoms with Crippen LogP contribution in [0.5, 0.6) is 0 Å². The van der Waals surface area contributed by atoms with Gasteiger partial charge < -0.3 is 4.57 Å². The van der Waals surface area contributed by atoms with Crippen LogP contribution in [0.2, 0.25) is 0 Å². The van der Waals surface area contributed by atoms with Crippen molar-refractivity contribution in [1.82, 2.24) is 4.57 Å². The predicted octanol–water partition coefficient (Wildman–Crippen LogP) is 2.23. The minimum atomic E-state index is -4.62. The van der Waals surface area contributed by atoms with Crippen LogP contribution in [0.25, 0.3) is 0 Å². The number of hydrogen-bond donors (Lipinski definition) is 0. The average Bonchev–Trinajstić information content (AvgIpc) is 2.49. The topological polar surface area (TPSA) is 31.2 Å². The van der Waals surface area contributed by atoms with Gasteiger partial charge in [0.05, 0.1) is 12.3 Å². The van der Waals surface area contributed by atoms with E-state index >= 15 is 0 Å². The molecule has 0 N–H and O–H groups in total. The Balaban J connectivity index is 2.51. The molecule has 6 heteroatoms. The first kappa shape index (κ1) is 11.8. The molecule has 0 aliphatic heterocycles. The van der Waals surface area contributed by atoms with Gasteiger partial charge >= 0.3 is 6.36 Å². The SMILES string of the molecule is CC(=O)c1cccn1CCOC(F)(F)F. The maximum Gasteiger partial charge on any atom is 0.522 e. The fraction of sp³-hybridized carbons (Fsp3) is 0.444. The second-order valence-corrected chi connectivity index (χ2v) is 2.94. The summed E-state index contributed by atoms with van der Waals surface area (Å²) in [5, 5.41) is 0. The van der Waals surface area contributed by atoms with E-state index in [9.17, 15) is 18.0 Å².